The van der Waals surface area contributed by atoms with Gasteiger partial charge in [-0.25, -0.2) is 0 Å². The maximum Gasteiger partial charge on any atom is 0.253 e. The highest BCUT2D eigenvalue weighted by Gasteiger charge is 2.14. The fraction of sp³-hybridized carbons (Fsp3) is 0.300. The summed E-state index contributed by atoms with van der Waals surface area (Å²) in [6.07, 6.45) is 0.200. The lowest BCUT2D eigenvalue weighted by Crippen LogP contribution is -2.40. The van der Waals surface area contributed by atoms with Crippen molar-refractivity contribution < 1.29 is 14.7 Å². The number of pyridine rings is 1. The third-order valence-corrected chi connectivity index (χ3v) is 2.04. The van der Waals surface area contributed by atoms with Crippen molar-refractivity contribution in [3.63, 3.8) is 0 Å². The van der Waals surface area contributed by atoms with Gasteiger partial charge in [0.2, 0.25) is 5.91 Å². The third kappa shape index (κ3) is 3.03. The van der Waals surface area contributed by atoms with Crippen LogP contribution in [0.2, 0.25) is 0 Å². The molecule has 16 heavy (non-hydrogen) atoms. The van der Waals surface area contributed by atoms with Crippen molar-refractivity contribution in [3.8, 4) is 0 Å². The summed E-state index contributed by atoms with van der Waals surface area (Å²) in [4.78, 5) is 26.0. The largest absolute Gasteiger partial charge is 0.381 e. The SMILES string of the molecule is Cc1ncccc1C(=O)NCC(O)C(N)=O. The summed E-state index contributed by atoms with van der Waals surface area (Å²) in [5.74, 6) is -1.27. The van der Waals surface area contributed by atoms with Crippen molar-refractivity contribution in [2.75, 3.05) is 6.54 Å². The van der Waals surface area contributed by atoms with E-state index < -0.39 is 17.9 Å². The van der Waals surface area contributed by atoms with Crippen molar-refractivity contribution in [3.05, 3.63) is 29.6 Å². The minimum absolute atomic E-state index is 0.206. The van der Waals surface area contributed by atoms with E-state index in [1.54, 1.807) is 25.3 Å². The number of hydrogen-bond acceptors (Lipinski definition) is 4. The molecule has 2 amide bonds. The first-order valence-corrected chi connectivity index (χ1v) is 4.69. The first-order valence-electron chi connectivity index (χ1n) is 4.69. The minimum atomic E-state index is -1.37. The van der Waals surface area contributed by atoms with E-state index in [0.29, 0.717) is 11.3 Å². The molecule has 0 aliphatic carbocycles. The van der Waals surface area contributed by atoms with E-state index in [2.05, 4.69) is 10.3 Å². The number of aliphatic hydroxyl groups excluding tert-OH is 1. The number of aliphatic hydroxyl groups is 1. The molecule has 1 aromatic heterocycles. The van der Waals surface area contributed by atoms with Crippen LogP contribution < -0.4 is 11.1 Å². The molecule has 6 heteroatoms. The van der Waals surface area contributed by atoms with Crippen LogP contribution in [0.4, 0.5) is 0 Å². The summed E-state index contributed by atoms with van der Waals surface area (Å²) in [6.45, 7) is 1.49. The average molecular weight is 223 g/mol. The van der Waals surface area contributed by atoms with Gasteiger partial charge in [-0.05, 0) is 19.1 Å². The summed E-state index contributed by atoms with van der Waals surface area (Å²) < 4.78 is 0. The Morgan fingerprint density at radius 1 is 1.62 bits per heavy atom. The van der Waals surface area contributed by atoms with Crippen LogP contribution in [0.5, 0.6) is 0 Å². The number of rotatable bonds is 4. The highest BCUT2D eigenvalue weighted by molar-refractivity contribution is 5.95. The van der Waals surface area contributed by atoms with Crippen molar-refractivity contribution in [1.82, 2.24) is 10.3 Å². The molecule has 0 aromatic carbocycles. The zero-order chi connectivity index (χ0) is 12.1. The second-order valence-electron chi connectivity index (χ2n) is 3.26. The summed E-state index contributed by atoms with van der Waals surface area (Å²) in [5, 5.41) is 11.5. The Morgan fingerprint density at radius 2 is 2.31 bits per heavy atom. The second kappa shape index (κ2) is 5.22. The van der Waals surface area contributed by atoms with Gasteiger partial charge >= 0.3 is 0 Å². The summed E-state index contributed by atoms with van der Waals surface area (Å²) in [5.41, 5.74) is 5.82. The van der Waals surface area contributed by atoms with Crippen molar-refractivity contribution in [1.29, 1.82) is 0 Å². The van der Waals surface area contributed by atoms with E-state index in [4.69, 9.17) is 10.8 Å². The number of aryl methyl sites for hydroxylation is 1. The fourth-order valence-corrected chi connectivity index (χ4v) is 1.11. The highest BCUT2D eigenvalue weighted by Crippen LogP contribution is 2.02. The summed E-state index contributed by atoms with van der Waals surface area (Å²) in [6, 6.07) is 3.24. The maximum absolute atomic E-state index is 11.6. The standard InChI is InChI=1S/C10H13N3O3/c1-6-7(3-2-4-12-6)10(16)13-5-8(14)9(11)15/h2-4,8,14H,5H2,1H3,(H2,11,15)(H,13,16). The molecule has 0 bridgehead atoms. The van der Waals surface area contributed by atoms with Crippen LogP contribution in [0.1, 0.15) is 16.1 Å². The van der Waals surface area contributed by atoms with E-state index in [0.717, 1.165) is 0 Å². The molecule has 1 heterocycles. The smallest absolute Gasteiger partial charge is 0.253 e. The Morgan fingerprint density at radius 3 is 2.88 bits per heavy atom. The Labute approximate surface area is 92.5 Å². The van der Waals surface area contributed by atoms with Gasteiger partial charge in [-0.15, -0.1) is 0 Å². The topological polar surface area (TPSA) is 105 Å². The van der Waals surface area contributed by atoms with Gasteiger partial charge in [0.25, 0.3) is 5.91 Å². The van der Waals surface area contributed by atoms with Crippen LogP contribution >= 0.6 is 0 Å². The van der Waals surface area contributed by atoms with Gasteiger partial charge < -0.3 is 16.2 Å². The summed E-state index contributed by atoms with van der Waals surface area (Å²) >= 11 is 0. The number of carbonyl (C=O) groups excluding carboxylic acids is 2. The van der Waals surface area contributed by atoms with Gasteiger partial charge in [-0.2, -0.15) is 0 Å². The van der Waals surface area contributed by atoms with Crippen molar-refractivity contribution in [2.45, 2.75) is 13.0 Å². The quantitative estimate of drug-likeness (QED) is 0.606. The van der Waals surface area contributed by atoms with Crippen LogP contribution in [-0.4, -0.2) is 34.6 Å². The number of nitrogens with zero attached hydrogens (tertiary/aromatic N) is 1. The molecule has 0 fully saturated rings. The molecule has 1 atom stereocenters. The van der Waals surface area contributed by atoms with Crippen LogP contribution in [0.3, 0.4) is 0 Å². The lowest BCUT2D eigenvalue weighted by atomic mass is 10.2. The Hall–Kier alpha value is -1.95. The molecule has 0 saturated carbocycles. The normalized spacial score (nSPS) is 11.9. The number of amides is 2. The van der Waals surface area contributed by atoms with E-state index in [-0.39, 0.29) is 6.54 Å². The van der Waals surface area contributed by atoms with Crippen LogP contribution in [0, 0.1) is 6.92 Å². The Kier molecular flexibility index (Phi) is 3.96. The molecule has 1 unspecified atom stereocenters. The second-order valence-corrected chi connectivity index (χ2v) is 3.26. The predicted molar refractivity (Wildman–Crippen MR) is 56.5 cm³/mol. The van der Waals surface area contributed by atoms with Gasteiger partial charge in [0, 0.05) is 11.9 Å². The first kappa shape index (κ1) is 12.1. The number of hydrogen-bond donors (Lipinski definition) is 3. The number of primary amides is 1. The monoisotopic (exact) mass is 223 g/mol. The number of carbonyl (C=O) groups is 2. The van der Waals surface area contributed by atoms with E-state index >= 15 is 0 Å². The van der Waals surface area contributed by atoms with Gasteiger partial charge in [0.05, 0.1) is 12.1 Å². The van der Waals surface area contributed by atoms with Gasteiger partial charge in [-0.1, -0.05) is 0 Å². The number of nitrogens with one attached hydrogen (secondary N) is 1. The minimum Gasteiger partial charge on any atom is -0.381 e. The molecule has 1 aromatic rings. The molecule has 1 rings (SSSR count). The molecule has 0 saturated heterocycles. The molecular weight excluding hydrogens is 210 g/mol. The molecule has 0 spiro atoms. The Balaban J connectivity index is 2.60. The Bertz CT molecular complexity index is 406. The molecule has 86 valence electrons. The molecule has 4 N–H and O–H groups in total. The van der Waals surface area contributed by atoms with Crippen LogP contribution in [0.25, 0.3) is 0 Å². The molecule has 6 nitrogen and oxygen atoms in total. The van der Waals surface area contributed by atoms with Gasteiger partial charge in [-0.3, -0.25) is 14.6 Å². The first-order chi connectivity index (χ1) is 7.52. The maximum atomic E-state index is 11.6. The lowest BCUT2D eigenvalue weighted by Gasteiger charge is -2.09. The molecule has 0 aliphatic heterocycles. The number of aromatic nitrogens is 1. The van der Waals surface area contributed by atoms with Crippen LogP contribution in [0.15, 0.2) is 18.3 Å². The third-order valence-electron chi connectivity index (χ3n) is 2.04. The van der Waals surface area contributed by atoms with Gasteiger partial charge in [0.1, 0.15) is 6.10 Å². The average Bonchev–Trinajstić information content (AvgIpc) is 2.25. The van der Waals surface area contributed by atoms with E-state index in [1.165, 1.54) is 0 Å². The van der Waals surface area contributed by atoms with Crippen molar-refractivity contribution in [2.24, 2.45) is 5.73 Å². The lowest BCUT2D eigenvalue weighted by molar-refractivity contribution is -0.125. The molecule has 0 radical (unpaired) electrons. The summed E-state index contributed by atoms with van der Waals surface area (Å²) in [7, 11) is 0. The van der Waals surface area contributed by atoms with Gasteiger partial charge in [0.15, 0.2) is 0 Å². The van der Waals surface area contributed by atoms with Crippen LogP contribution in [-0.2, 0) is 4.79 Å². The molecule has 0 aliphatic rings. The zero-order valence-corrected chi connectivity index (χ0v) is 8.80. The predicted octanol–water partition coefficient (Wildman–Crippen LogP) is -1.03. The number of nitrogens with two attached hydrogens (primary N) is 1. The van der Waals surface area contributed by atoms with Crippen molar-refractivity contribution >= 4 is 11.8 Å². The fourth-order valence-electron chi connectivity index (χ4n) is 1.11. The zero-order valence-electron chi connectivity index (χ0n) is 8.80. The van der Waals surface area contributed by atoms with E-state index in [1.807, 2.05) is 0 Å². The van der Waals surface area contributed by atoms with E-state index in [9.17, 15) is 9.59 Å². The molecular formula is C10H13N3O3. The highest BCUT2D eigenvalue weighted by atomic mass is 16.3.